The lowest BCUT2D eigenvalue weighted by Gasteiger charge is -2.16. The molecule has 1 heterocycles. The first-order valence-corrected chi connectivity index (χ1v) is 12.2. The van der Waals surface area contributed by atoms with Gasteiger partial charge in [0.15, 0.2) is 0 Å². The number of aromatic nitrogens is 2. The molecule has 7 nitrogen and oxygen atoms in total. The number of aryl methyl sites for hydroxylation is 2. The first kappa shape index (κ1) is 24.2. The van der Waals surface area contributed by atoms with Crippen LogP contribution in [-0.2, 0) is 4.79 Å². The minimum absolute atomic E-state index is 0.0604. The molecular formula is C27H26N4O3S. The van der Waals surface area contributed by atoms with E-state index < -0.39 is 0 Å². The molecule has 178 valence electrons. The number of carbonyl (C=O) groups is 2. The van der Waals surface area contributed by atoms with Gasteiger partial charge in [0.1, 0.15) is 0 Å². The van der Waals surface area contributed by atoms with Gasteiger partial charge < -0.3 is 15.1 Å². The fraction of sp³-hybridized carbons (Fsp3) is 0.185. The monoisotopic (exact) mass is 486 g/mol. The van der Waals surface area contributed by atoms with Gasteiger partial charge in [0.05, 0.1) is 23.0 Å². The molecule has 0 spiro atoms. The van der Waals surface area contributed by atoms with E-state index in [2.05, 4.69) is 20.8 Å². The van der Waals surface area contributed by atoms with Crippen LogP contribution >= 0.6 is 11.8 Å². The van der Waals surface area contributed by atoms with Crippen molar-refractivity contribution in [2.24, 2.45) is 0 Å². The predicted octanol–water partition coefficient (Wildman–Crippen LogP) is 5.58. The maximum Gasteiger partial charge on any atom is 0.277 e. The highest BCUT2D eigenvalue weighted by atomic mass is 32.2. The lowest BCUT2D eigenvalue weighted by molar-refractivity contribution is -0.113. The van der Waals surface area contributed by atoms with Crippen LogP contribution in [0, 0.1) is 13.8 Å². The summed E-state index contributed by atoms with van der Waals surface area (Å²) in [6, 6.07) is 22.4. The van der Waals surface area contributed by atoms with E-state index in [1.807, 2.05) is 69.3 Å². The minimum Gasteiger partial charge on any atom is -0.411 e. The number of nitrogens with one attached hydrogen (secondary N) is 2. The van der Waals surface area contributed by atoms with E-state index in [9.17, 15) is 9.59 Å². The van der Waals surface area contributed by atoms with Crippen molar-refractivity contribution in [2.45, 2.75) is 32.0 Å². The van der Waals surface area contributed by atoms with E-state index in [0.717, 1.165) is 28.5 Å². The van der Waals surface area contributed by atoms with Gasteiger partial charge in [-0.25, -0.2) is 0 Å². The van der Waals surface area contributed by atoms with Gasteiger partial charge in [-0.05, 0) is 61.7 Å². The van der Waals surface area contributed by atoms with Crippen molar-refractivity contribution in [2.75, 3.05) is 11.1 Å². The number of thioether (sulfide) groups is 1. The first-order chi connectivity index (χ1) is 16.9. The molecule has 2 N–H and O–H groups in total. The van der Waals surface area contributed by atoms with Crippen LogP contribution in [0.3, 0.4) is 0 Å². The Balaban J connectivity index is 1.36. The van der Waals surface area contributed by atoms with E-state index in [1.165, 1.54) is 5.56 Å². The summed E-state index contributed by atoms with van der Waals surface area (Å²) in [5.74, 6) is -0.0760. The number of rotatable bonds is 8. The molecule has 0 aliphatic rings. The van der Waals surface area contributed by atoms with E-state index in [1.54, 1.807) is 24.3 Å². The van der Waals surface area contributed by atoms with Gasteiger partial charge in [-0.15, -0.1) is 10.2 Å². The third-order valence-electron chi connectivity index (χ3n) is 5.58. The molecule has 4 rings (SSSR count). The van der Waals surface area contributed by atoms with Gasteiger partial charge in [0.2, 0.25) is 11.8 Å². The molecule has 4 aromatic rings. The quantitative estimate of drug-likeness (QED) is 0.316. The van der Waals surface area contributed by atoms with Crippen LogP contribution in [0.25, 0.3) is 11.5 Å². The molecule has 0 unspecified atom stereocenters. The molecule has 3 aromatic carbocycles. The van der Waals surface area contributed by atoms with Crippen LogP contribution in [-0.4, -0.2) is 27.8 Å². The number of nitrogens with zero attached hydrogens (tertiary/aromatic N) is 2. The number of para-hydroxylation sites is 1. The van der Waals surface area contributed by atoms with Crippen molar-refractivity contribution >= 4 is 29.3 Å². The largest absolute Gasteiger partial charge is 0.411 e. The van der Waals surface area contributed by atoms with Crippen molar-refractivity contribution in [1.29, 1.82) is 0 Å². The molecule has 0 saturated heterocycles. The highest BCUT2D eigenvalue weighted by Crippen LogP contribution is 2.25. The van der Waals surface area contributed by atoms with E-state index >= 15 is 0 Å². The summed E-state index contributed by atoms with van der Waals surface area (Å²) in [6.07, 6.45) is 0. The molecular weight excluding hydrogens is 460 g/mol. The summed E-state index contributed by atoms with van der Waals surface area (Å²) in [5, 5.41) is 14.2. The average Bonchev–Trinajstić information content (AvgIpc) is 3.34. The van der Waals surface area contributed by atoms with Crippen LogP contribution in [0.4, 0.5) is 5.69 Å². The minimum atomic E-state index is -0.280. The van der Waals surface area contributed by atoms with E-state index in [-0.39, 0.29) is 23.6 Å². The summed E-state index contributed by atoms with van der Waals surface area (Å²) >= 11 is 1.14. The third-order valence-corrected chi connectivity index (χ3v) is 6.40. The van der Waals surface area contributed by atoms with Crippen LogP contribution in [0.15, 0.2) is 82.4 Å². The Hall–Kier alpha value is -3.91. The SMILES string of the molecule is Cc1ccc(-c2nnc(SCC(=O)Nc3ccccc3C(=O)N[C@H](C)c3ccccc3)o2)cc1C. The number of amides is 2. The zero-order chi connectivity index (χ0) is 24.8. The summed E-state index contributed by atoms with van der Waals surface area (Å²) < 4.78 is 5.71. The van der Waals surface area contributed by atoms with Gasteiger partial charge in [-0.1, -0.05) is 60.3 Å². The Morgan fingerprint density at radius 2 is 1.69 bits per heavy atom. The fourth-order valence-electron chi connectivity index (χ4n) is 3.46. The molecule has 0 radical (unpaired) electrons. The lowest BCUT2D eigenvalue weighted by Crippen LogP contribution is -2.28. The Morgan fingerprint density at radius 1 is 0.943 bits per heavy atom. The molecule has 0 aliphatic carbocycles. The zero-order valence-electron chi connectivity index (χ0n) is 19.7. The second-order valence-corrected chi connectivity index (χ2v) is 9.09. The second-order valence-electron chi connectivity index (χ2n) is 8.16. The lowest BCUT2D eigenvalue weighted by atomic mass is 10.1. The normalized spacial score (nSPS) is 11.6. The van der Waals surface area contributed by atoms with Crippen LogP contribution in [0.2, 0.25) is 0 Å². The Morgan fingerprint density at radius 3 is 2.46 bits per heavy atom. The maximum atomic E-state index is 12.9. The third kappa shape index (κ3) is 6.16. The summed E-state index contributed by atoms with van der Waals surface area (Å²) in [6.45, 7) is 5.98. The summed E-state index contributed by atoms with van der Waals surface area (Å²) in [7, 11) is 0. The van der Waals surface area contributed by atoms with Crippen molar-refractivity contribution in [3.63, 3.8) is 0 Å². The molecule has 0 fully saturated rings. The highest BCUT2D eigenvalue weighted by Gasteiger charge is 2.17. The average molecular weight is 487 g/mol. The molecule has 0 bridgehead atoms. The van der Waals surface area contributed by atoms with E-state index in [0.29, 0.717) is 22.4 Å². The van der Waals surface area contributed by atoms with Gasteiger partial charge in [-0.2, -0.15) is 0 Å². The standard InChI is InChI=1S/C27H26N4O3S/c1-17-13-14-21(15-18(17)2)26-30-31-27(34-26)35-16-24(32)29-23-12-8-7-11-22(23)25(33)28-19(3)20-9-5-4-6-10-20/h4-15,19H,16H2,1-3H3,(H,28,33)(H,29,32)/t19-/m1/s1. The van der Waals surface area contributed by atoms with Crippen molar-refractivity contribution in [1.82, 2.24) is 15.5 Å². The molecule has 2 amide bonds. The van der Waals surface area contributed by atoms with Crippen LogP contribution in [0.1, 0.15) is 40.0 Å². The molecule has 1 aromatic heterocycles. The van der Waals surface area contributed by atoms with Crippen molar-refractivity contribution in [3.8, 4) is 11.5 Å². The molecule has 1 atom stereocenters. The fourth-order valence-corrected chi connectivity index (χ4v) is 4.03. The highest BCUT2D eigenvalue weighted by molar-refractivity contribution is 7.99. The van der Waals surface area contributed by atoms with Gasteiger partial charge >= 0.3 is 0 Å². The smallest absolute Gasteiger partial charge is 0.277 e. The Bertz CT molecular complexity index is 1340. The zero-order valence-corrected chi connectivity index (χ0v) is 20.6. The molecule has 8 heteroatoms. The van der Waals surface area contributed by atoms with Gasteiger partial charge in [0.25, 0.3) is 11.1 Å². The van der Waals surface area contributed by atoms with E-state index in [4.69, 9.17) is 4.42 Å². The number of hydrogen-bond donors (Lipinski definition) is 2. The number of hydrogen-bond acceptors (Lipinski definition) is 6. The van der Waals surface area contributed by atoms with Crippen LogP contribution in [0.5, 0.6) is 0 Å². The second kappa shape index (κ2) is 11.0. The van der Waals surface area contributed by atoms with Gasteiger partial charge in [0, 0.05) is 5.56 Å². The number of carbonyl (C=O) groups excluding carboxylic acids is 2. The summed E-state index contributed by atoms with van der Waals surface area (Å²) in [4.78, 5) is 25.5. The Labute approximate surface area is 208 Å². The van der Waals surface area contributed by atoms with Gasteiger partial charge in [-0.3, -0.25) is 9.59 Å². The Kier molecular flexibility index (Phi) is 7.62. The molecule has 0 saturated carbocycles. The predicted molar refractivity (Wildman–Crippen MR) is 137 cm³/mol. The van der Waals surface area contributed by atoms with Crippen molar-refractivity contribution in [3.05, 3.63) is 95.1 Å². The molecule has 35 heavy (non-hydrogen) atoms. The maximum absolute atomic E-state index is 12.9. The van der Waals surface area contributed by atoms with Crippen LogP contribution < -0.4 is 10.6 Å². The number of anilines is 1. The summed E-state index contributed by atoms with van der Waals surface area (Å²) in [5.41, 5.74) is 4.99. The number of benzene rings is 3. The topological polar surface area (TPSA) is 97.1 Å². The first-order valence-electron chi connectivity index (χ1n) is 11.2. The van der Waals surface area contributed by atoms with Crippen molar-refractivity contribution < 1.29 is 14.0 Å². The molecule has 0 aliphatic heterocycles.